The Kier molecular flexibility index (Phi) is 10.8. The standard InChI is InChI=1S/C54H47NO6P2/c1-52(2)58-49-50(59-52)54(43-30-13-5-14-31-43,44-32-15-6-16-33-44)61-63(57,60-53(49,41-26-9-3-10-27-41)42-28-11-4-12-29-42)51(48-39-23-25-40-24-21-22-38-47(40)48)55-62(56,45-34-17-7-18-35-45)46-36-19-8-20-37-46/h3-39,49-51H,1-2H3,(H,55,56)/t49-,50-,51-/m1/s1. The molecule has 8 aromatic rings. The third-order valence-electron chi connectivity index (χ3n) is 12.2. The Morgan fingerprint density at radius 2 is 0.825 bits per heavy atom. The van der Waals surface area contributed by atoms with E-state index in [0.717, 1.165) is 10.8 Å². The molecular weight excluding hydrogens is 821 g/mol. The van der Waals surface area contributed by atoms with E-state index in [4.69, 9.17) is 18.5 Å². The van der Waals surface area contributed by atoms with Crippen molar-refractivity contribution in [3.8, 4) is 0 Å². The van der Waals surface area contributed by atoms with Crippen LogP contribution < -0.4 is 15.7 Å². The molecule has 0 aliphatic carbocycles. The van der Waals surface area contributed by atoms with Crippen LogP contribution in [0.15, 0.2) is 224 Å². The molecule has 0 bridgehead atoms. The summed E-state index contributed by atoms with van der Waals surface area (Å²) in [5, 5.41) is 6.39. The largest absolute Gasteiger partial charge is 0.354 e. The highest BCUT2D eigenvalue weighted by atomic mass is 31.2. The van der Waals surface area contributed by atoms with Crippen molar-refractivity contribution in [1.82, 2.24) is 5.09 Å². The van der Waals surface area contributed by atoms with Gasteiger partial charge in [0.2, 0.25) is 7.29 Å². The van der Waals surface area contributed by atoms with Gasteiger partial charge in [-0.2, -0.15) is 0 Å². The molecule has 9 heteroatoms. The molecule has 2 aliphatic rings. The minimum absolute atomic E-state index is 0.530. The molecule has 2 fully saturated rings. The zero-order valence-corrected chi connectivity index (χ0v) is 36.7. The molecule has 0 radical (unpaired) electrons. The van der Waals surface area contributed by atoms with Gasteiger partial charge in [0.1, 0.15) is 18.0 Å². The third-order valence-corrected chi connectivity index (χ3v) is 17.2. The highest BCUT2D eigenvalue weighted by molar-refractivity contribution is 7.77. The van der Waals surface area contributed by atoms with Gasteiger partial charge in [0.05, 0.1) is 0 Å². The second-order valence-electron chi connectivity index (χ2n) is 16.5. The molecule has 0 amide bonds. The molecule has 2 saturated heterocycles. The van der Waals surface area contributed by atoms with E-state index in [0.29, 0.717) is 38.4 Å². The average Bonchev–Trinajstić information content (AvgIpc) is 3.64. The summed E-state index contributed by atoms with van der Waals surface area (Å²) in [6.45, 7) is 3.78. The number of ether oxygens (including phenoxy) is 2. The topological polar surface area (TPSA) is 83.1 Å². The highest BCUT2D eigenvalue weighted by Crippen LogP contribution is 2.74. The van der Waals surface area contributed by atoms with Crippen molar-refractivity contribution < 1.29 is 27.7 Å². The summed E-state index contributed by atoms with van der Waals surface area (Å²) in [7, 11) is -8.78. The van der Waals surface area contributed by atoms with E-state index in [-0.39, 0.29) is 0 Å². The Balaban J connectivity index is 1.36. The van der Waals surface area contributed by atoms with Gasteiger partial charge in [0, 0.05) is 10.6 Å². The molecular formula is C54H47NO6P2. The molecule has 2 aliphatic heterocycles. The highest BCUT2D eigenvalue weighted by Gasteiger charge is 2.70. The van der Waals surface area contributed by atoms with Gasteiger partial charge >= 0.3 is 7.60 Å². The van der Waals surface area contributed by atoms with Gasteiger partial charge < -0.3 is 9.47 Å². The van der Waals surface area contributed by atoms with Gasteiger partial charge in [-0.25, -0.2) is 5.09 Å². The minimum Gasteiger partial charge on any atom is -0.341 e. The molecule has 314 valence electrons. The lowest BCUT2D eigenvalue weighted by Gasteiger charge is -2.42. The van der Waals surface area contributed by atoms with E-state index in [1.165, 1.54) is 0 Å². The van der Waals surface area contributed by atoms with Gasteiger partial charge in [-0.05, 0) is 76.7 Å². The summed E-state index contributed by atoms with van der Waals surface area (Å²) < 4.78 is 64.4. The van der Waals surface area contributed by atoms with E-state index >= 15 is 9.13 Å². The van der Waals surface area contributed by atoms with Crippen LogP contribution in [0.4, 0.5) is 0 Å². The summed E-state index contributed by atoms with van der Waals surface area (Å²) in [5.41, 5.74) is 0.0191. The van der Waals surface area contributed by atoms with Crippen LogP contribution in [0.1, 0.15) is 47.4 Å². The number of rotatable bonds is 10. The monoisotopic (exact) mass is 867 g/mol. The Morgan fingerprint density at radius 1 is 0.476 bits per heavy atom. The molecule has 7 nitrogen and oxygen atoms in total. The Hall–Kier alpha value is -5.72. The second-order valence-corrected chi connectivity index (χ2v) is 21.0. The lowest BCUT2D eigenvalue weighted by molar-refractivity contribution is -0.176. The van der Waals surface area contributed by atoms with Crippen molar-refractivity contribution >= 4 is 36.3 Å². The smallest absolute Gasteiger partial charge is 0.341 e. The van der Waals surface area contributed by atoms with Crippen LogP contribution in [0, 0.1) is 0 Å². The second kappa shape index (κ2) is 16.4. The van der Waals surface area contributed by atoms with Crippen LogP contribution in [0.5, 0.6) is 0 Å². The van der Waals surface area contributed by atoms with Crippen molar-refractivity contribution in [3.63, 3.8) is 0 Å². The first-order valence-corrected chi connectivity index (χ1v) is 24.5. The SMILES string of the molecule is CC1(C)O[C@@H]2[C@@H](O1)C(c1ccccc1)(c1ccccc1)OP(=O)([C@@H](NP(=O)(c1ccccc1)c1ccccc1)c1cccc3ccccc13)OC2(c1ccccc1)c1ccccc1. The predicted molar refractivity (Wildman–Crippen MR) is 251 cm³/mol. The zero-order valence-electron chi connectivity index (χ0n) is 34.9. The first kappa shape index (κ1) is 41.3. The van der Waals surface area contributed by atoms with E-state index < -0.39 is 49.9 Å². The van der Waals surface area contributed by atoms with Crippen molar-refractivity contribution in [2.45, 2.75) is 48.8 Å². The van der Waals surface area contributed by atoms with Crippen LogP contribution in [0.3, 0.4) is 0 Å². The number of hydrogen-bond acceptors (Lipinski definition) is 6. The quantitative estimate of drug-likeness (QED) is 0.137. The first-order chi connectivity index (χ1) is 30.7. The lowest BCUT2D eigenvalue weighted by atomic mass is 9.72. The Morgan fingerprint density at radius 3 is 1.24 bits per heavy atom. The summed E-state index contributed by atoms with van der Waals surface area (Å²) in [6, 6.07) is 71.5. The molecule has 0 spiro atoms. The Bertz CT molecular complexity index is 2700. The first-order valence-electron chi connectivity index (χ1n) is 21.2. The molecule has 63 heavy (non-hydrogen) atoms. The van der Waals surface area contributed by atoms with Crippen LogP contribution in [-0.2, 0) is 38.9 Å². The van der Waals surface area contributed by atoms with Crippen LogP contribution in [-0.4, -0.2) is 18.0 Å². The van der Waals surface area contributed by atoms with Gasteiger partial charge in [-0.15, -0.1) is 0 Å². The van der Waals surface area contributed by atoms with Crippen LogP contribution in [0.25, 0.3) is 10.8 Å². The molecule has 0 aromatic heterocycles. The molecule has 8 aromatic carbocycles. The maximum Gasteiger partial charge on any atom is 0.354 e. The molecule has 10 rings (SSSR count). The number of benzene rings is 8. The van der Waals surface area contributed by atoms with Gasteiger partial charge in [0.15, 0.2) is 17.0 Å². The van der Waals surface area contributed by atoms with Gasteiger partial charge in [-0.1, -0.05) is 200 Å². The van der Waals surface area contributed by atoms with Crippen LogP contribution >= 0.6 is 14.9 Å². The van der Waals surface area contributed by atoms with Crippen molar-refractivity contribution in [3.05, 3.63) is 252 Å². The molecule has 0 unspecified atom stereocenters. The fourth-order valence-electron chi connectivity index (χ4n) is 9.47. The lowest BCUT2D eigenvalue weighted by Crippen LogP contribution is -2.53. The van der Waals surface area contributed by atoms with E-state index in [2.05, 4.69) is 5.09 Å². The molecule has 0 saturated carbocycles. The summed E-state index contributed by atoms with van der Waals surface area (Å²) in [6.07, 6.45) is -1.95. The Labute approximate surface area is 368 Å². The fourth-order valence-corrected chi connectivity index (χ4v) is 15.0. The number of nitrogens with one attached hydrogen (secondary N) is 1. The number of fused-ring (bicyclic) bond motifs is 2. The van der Waals surface area contributed by atoms with Crippen LogP contribution in [0.2, 0.25) is 0 Å². The number of hydrogen-bond donors (Lipinski definition) is 1. The molecule has 3 atom stereocenters. The normalized spacial score (nSPS) is 20.3. The summed E-state index contributed by atoms with van der Waals surface area (Å²) in [4.78, 5) is 0. The third kappa shape index (κ3) is 7.15. The predicted octanol–water partition coefficient (Wildman–Crippen LogP) is 12.0. The van der Waals surface area contributed by atoms with E-state index in [1.807, 2.05) is 238 Å². The van der Waals surface area contributed by atoms with E-state index in [9.17, 15) is 0 Å². The maximum absolute atomic E-state index is 17.9. The molecule has 1 N–H and O–H groups in total. The van der Waals surface area contributed by atoms with E-state index in [1.54, 1.807) is 0 Å². The van der Waals surface area contributed by atoms with Gasteiger partial charge in [-0.3, -0.25) is 18.2 Å². The van der Waals surface area contributed by atoms with Gasteiger partial charge in [0.25, 0.3) is 0 Å². The average molecular weight is 868 g/mol. The zero-order chi connectivity index (χ0) is 43.1. The molecule has 2 heterocycles. The minimum atomic E-state index is -4.87. The maximum atomic E-state index is 17.9. The van der Waals surface area contributed by atoms with Crippen molar-refractivity contribution in [1.29, 1.82) is 0 Å². The summed E-state index contributed by atoms with van der Waals surface area (Å²) >= 11 is 0. The van der Waals surface area contributed by atoms with Crippen molar-refractivity contribution in [2.75, 3.05) is 0 Å². The fraction of sp³-hybridized carbons (Fsp3) is 0.148. The summed E-state index contributed by atoms with van der Waals surface area (Å²) in [5.74, 6) is -2.52. The van der Waals surface area contributed by atoms with Crippen molar-refractivity contribution in [2.24, 2.45) is 0 Å².